The van der Waals surface area contributed by atoms with Gasteiger partial charge in [-0.3, -0.25) is 4.79 Å². The minimum atomic E-state index is -3.82. The monoisotopic (exact) mass is 386 g/mol. The Hall–Kier alpha value is -1.84. The van der Waals surface area contributed by atoms with Gasteiger partial charge >= 0.3 is 0 Å². The molecular formula is C17H26N2O6S. The molecular weight excluding hydrogens is 360 g/mol. The maximum Gasteiger partial charge on any atom is 0.246 e. The van der Waals surface area contributed by atoms with E-state index in [4.69, 9.17) is 14.6 Å². The third-order valence-electron chi connectivity index (χ3n) is 4.38. The van der Waals surface area contributed by atoms with E-state index in [0.717, 1.165) is 0 Å². The number of methoxy groups -OCH3 is 2. The molecule has 0 bridgehead atoms. The third kappa shape index (κ3) is 4.66. The third-order valence-corrected chi connectivity index (χ3v) is 6.26. The summed E-state index contributed by atoms with van der Waals surface area (Å²) < 4.78 is 37.8. The van der Waals surface area contributed by atoms with Crippen molar-refractivity contribution in [2.45, 2.75) is 24.2 Å². The first-order chi connectivity index (χ1) is 12.4. The fraction of sp³-hybridized carbons (Fsp3) is 0.588. The van der Waals surface area contributed by atoms with Gasteiger partial charge in [-0.1, -0.05) is 0 Å². The number of hydrogen-bond acceptors (Lipinski definition) is 6. The second kappa shape index (κ2) is 9.20. The highest BCUT2D eigenvalue weighted by molar-refractivity contribution is 7.89. The highest BCUT2D eigenvalue weighted by Crippen LogP contribution is 2.32. The van der Waals surface area contributed by atoms with E-state index in [-0.39, 0.29) is 29.7 Å². The van der Waals surface area contributed by atoms with Crippen molar-refractivity contribution in [1.29, 1.82) is 0 Å². The number of benzene rings is 1. The Labute approximate surface area is 154 Å². The molecule has 8 nitrogen and oxygen atoms in total. The molecule has 1 amide bonds. The summed E-state index contributed by atoms with van der Waals surface area (Å²) in [5, 5.41) is 11.5. The molecule has 1 atom stereocenters. The molecule has 2 rings (SSSR count). The molecule has 1 aliphatic heterocycles. The predicted molar refractivity (Wildman–Crippen MR) is 95.7 cm³/mol. The first kappa shape index (κ1) is 20.5. The first-order valence-corrected chi connectivity index (χ1v) is 9.98. The average molecular weight is 386 g/mol. The lowest BCUT2D eigenvalue weighted by Gasteiger charge is -2.31. The maximum atomic E-state index is 13.1. The molecule has 0 unspecified atom stereocenters. The molecule has 1 saturated heterocycles. The van der Waals surface area contributed by atoms with Crippen molar-refractivity contribution in [3.05, 3.63) is 18.2 Å². The highest BCUT2D eigenvalue weighted by Gasteiger charge is 2.35. The van der Waals surface area contributed by atoms with E-state index in [2.05, 4.69) is 5.32 Å². The number of hydrogen-bond donors (Lipinski definition) is 2. The molecule has 1 heterocycles. The summed E-state index contributed by atoms with van der Waals surface area (Å²) >= 11 is 0. The van der Waals surface area contributed by atoms with Gasteiger partial charge in [0, 0.05) is 32.3 Å². The Bertz CT molecular complexity index is 722. The second-order valence-corrected chi connectivity index (χ2v) is 7.99. The number of aliphatic hydroxyl groups excluding tert-OH is 1. The summed E-state index contributed by atoms with van der Waals surface area (Å²) in [6.45, 7) is 0.847. The zero-order valence-electron chi connectivity index (χ0n) is 15.1. The van der Waals surface area contributed by atoms with Crippen LogP contribution in [0.15, 0.2) is 23.1 Å². The van der Waals surface area contributed by atoms with Crippen LogP contribution in [0.3, 0.4) is 0 Å². The summed E-state index contributed by atoms with van der Waals surface area (Å²) in [5.74, 6) is 0.0600. The van der Waals surface area contributed by atoms with Gasteiger partial charge in [0.2, 0.25) is 15.9 Å². The smallest absolute Gasteiger partial charge is 0.246 e. The second-order valence-electron chi connectivity index (χ2n) is 6.09. The van der Waals surface area contributed by atoms with Crippen LogP contribution in [-0.2, 0) is 14.8 Å². The largest absolute Gasteiger partial charge is 0.497 e. The van der Waals surface area contributed by atoms with Gasteiger partial charge in [0.15, 0.2) is 0 Å². The minimum Gasteiger partial charge on any atom is -0.497 e. The van der Waals surface area contributed by atoms with Gasteiger partial charge < -0.3 is 19.9 Å². The normalized spacial score (nSPS) is 18.3. The Balaban J connectivity index is 2.19. The quantitative estimate of drug-likeness (QED) is 0.634. The van der Waals surface area contributed by atoms with Crippen LogP contribution in [0.5, 0.6) is 11.5 Å². The van der Waals surface area contributed by atoms with Crippen molar-refractivity contribution >= 4 is 15.9 Å². The molecule has 1 aromatic carbocycles. The molecule has 0 saturated carbocycles. The number of amides is 1. The van der Waals surface area contributed by atoms with Crippen LogP contribution in [0.25, 0.3) is 0 Å². The number of aliphatic hydroxyl groups is 1. The number of ether oxygens (including phenoxy) is 2. The van der Waals surface area contributed by atoms with Gasteiger partial charge in [0.1, 0.15) is 16.4 Å². The standard InChI is InChI=1S/C17H26N2O6S/c1-24-14-6-7-15(25-2)16(11-14)26(22,23)19-9-3-5-13(12-19)17(21)18-8-4-10-20/h6-7,11,13,20H,3-5,8-10,12H2,1-2H3,(H,18,21)/t13-/m1/s1. The van der Waals surface area contributed by atoms with E-state index < -0.39 is 15.9 Å². The number of piperidine rings is 1. The number of nitrogens with one attached hydrogen (secondary N) is 1. The topological polar surface area (TPSA) is 105 Å². The zero-order chi connectivity index (χ0) is 19.2. The molecule has 0 spiro atoms. The summed E-state index contributed by atoms with van der Waals surface area (Å²) in [6, 6.07) is 4.61. The van der Waals surface area contributed by atoms with E-state index >= 15 is 0 Å². The lowest BCUT2D eigenvalue weighted by molar-refractivity contribution is -0.126. The molecule has 2 N–H and O–H groups in total. The van der Waals surface area contributed by atoms with E-state index in [9.17, 15) is 13.2 Å². The molecule has 1 aliphatic rings. The SMILES string of the molecule is COc1ccc(OC)c(S(=O)(=O)N2CCC[C@@H](C(=O)NCCCO)C2)c1. The zero-order valence-corrected chi connectivity index (χ0v) is 15.9. The van der Waals surface area contributed by atoms with E-state index in [0.29, 0.717) is 38.1 Å². The number of nitrogens with zero attached hydrogens (tertiary/aromatic N) is 1. The van der Waals surface area contributed by atoms with Crippen LogP contribution in [0, 0.1) is 5.92 Å². The minimum absolute atomic E-state index is 0.00108. The van der Waals surface area contributed by atoms with Crippen molar-refractivity contribution in [3.63, 3.8) is 0 Å². The maximum absolute atomic E-state index is 13.1. The number of carbonyl (C=O) groups is 1. The molecule has 1 fully saturated rings. The number of sulfonamides is 1. The van der Waals surface area contributed by atoms with Gasteiger partial charge in [0.05, 0.1) is 20.1 Å². The molecule has 146 valence electrons. The fourth-order valence-corrected chi connectivity index (χ4v) is 4.63. The number of rotatable bonds is 8. The fourth-order valence-electron chi connectivity index (χ4n) is 2.93. The van der Waals surface area contributed by atoms with Crippen LogP contribution in [0.4, 0.5) is 0 Å². The van der Waals surface area contributed by atoms with Gasteiger partial charge in [-0.2, -0.15) is 4.31 Å². The lowest BCUT2D eigenvalue weighted by atomic mass is 9.99. The van der Waals surface area contributed by atoms with Gasteiger partial charge in [-0.25, -0.2) is 8.42 Å². The average Bonchev–Trinajstić information content (AvgIpc) is 2.67. The Morgan fingerprint density at radius 1 is 1.35 bits per heavy atom. The van der Waals surface area contributed by atoms with Crippen LogP contribution in [0.1, 0.15) is 19.3 Å². The highest BCUT2D eigenvalue weighted by atomic mass is 32.2. The molecule has 0 radical (unpaired) electrons. The Morgan fingerprint density at radius 2 is 2.12 bits per heavy atom. The van der Waals surface area contributed by atoms with Crippen molar-refractivity contribution in [2.75, 3.05) is 40.5 Å². The Morgan fingerprint density at radius 3 is 2.77 bits per heavy atom. The number of carbonyl (C=O) groups excluding carboxylic acids is 1. The molecule has 1 aromatic rings. The van der Waals surface area contributed by atoms with Crippen LogP contribution < -0.4 is 14.8 Å². The van der Waals surface area contributed by atoms with Gasteiger partial charge in [-0.05, 0) is 31.4 Å². The summed E-state index contributed by atoms with van der Waals surface area (Å²) in [7, 11) is -0.945. The Kier molecular flexibility index (Phi) is 7.24. The molecule has 26 heavy (non-hydrogen) atoms. The summed E-state index contributed by atoms with van der Waals surface area (Å²) in [5.41, 5.74) is 0. The summed E-state index contributed by atoms with van der Waals surface area (Å²) in [4.78, 5) is 12.3. The van der Waals surface area contributed by atoms with Crippen molar-refractivity contribution in [1.82, 2.24) is 9.62 Å². The van der Waals surface area contributed by atoms with Crippen LogP contribution >= 0.6 is 0 Å². The van der Waals surface area contributed by atoms with Crippen LogP contribution in [-0.4, -0.2) is 64.2 Å². The van der Waals surface area contributed by atoms with E-state index in [1.165, 1.54) is 24.6 Å². The lowest BCUT2D eigenvalue weighted by Crippen LogP contribution is -2.45. The predicted octanol–water partition coefficient (Wildman–Crippen LogP) is 0.603. The molecule has 0 aliphatic carbocycles. The first-order valence-electron chi connectivity index (χ1n) is 8.54. The van der Waals surface area contributed by atoms with Crippen LogP contribution in [0.2, 0.25) is 0 Å². The van der Waals surface area contributed by atoms with Crippen molar-refractivity contribution in [2.24, 2.45) is 5.92 Å². The van der Waals surface area contributed by atoms with Gasteiger partial charge in [0.25, 0.3) is 0 Å². The molecule has 9 heteroatoms. The van der Waals surface area contributed by atoms with E-state index in [1.807, 2.05) is 0 Å². The van der Waals surface area contributed by atoms with E-state index in [1.54, 1.807) is 12.1 Å². The molecule has 0 aromatic heterocycles. The van der Waals surface area contributed by atoms with Gasteiger partial charge in [-0.15, -0.1) is 0 Å². The van der Waals surface area contributed by atoms with Crippen molar-refractivity contribution < 1.29 is 27.8 Å². The summed E-state index contributed by atoms with van der Waals surface area (Å²) in [6.07, 6.45) is 1.71. The van der Waals surface area contributed by atoms with Crippen molar-refractivity contribution in [3.8, 4) is 11.5 Å².